The summed E-state index contributed by atoms with van der Waals surface area (Å²) in [6, 6.07) is 27.9. The van der Waals surface area contributed by atoms with E-state index in [9.17, 15) is 22.8 Å². The molecular weight excluding hydrogens is 555 g/mol. The number of rotatable bonds is 5. The number of carbonyl (C=O) groups is 2. The number of para-hydroxylation sites is 1. The number of hydrogen-bond donors (Lipinski definition) is 1. The average molecular weight is 582 g/mol. The van der Waals surface area contributed by atoms with Gasteiger partial charge < -0.3 is 19.5 Å². The van der Waals surface area contributed by atoms with E-state index in [1.54, 1.807) is 47.4 Å². The first-order valence-electron chi connectivity index (χ1n) is 13.5. The highest BCUT2D eigenvalue weighted by molar-refractivity contribution is 6.11. The number of halogens is 3. The smallest absolute Gasteiger partial charge is 0.416 e. The lowest BCUT2D eigenvalue weighted by Crippen LogP contribution is -2.31. The molecule has 0 saturated carbocycles. The van der Waals surface area contributed by atoms with Crippen molar-refractivity contribution < 1.29 is 27.5 Å². The van der Waals surface area contributed by atoms with Crippen molar-refractivity contribution in [3.63, 3.8) is 0 Å². The van der Waals surface area contributed by atoms with Gasteiger partial charge in [-0.2, -0.15) is 13.2 Å². The second-order valence-corrected chi connectivity index (χ2v) is 10.1. The molecule has 1 aliphatic heterocycles. The van der Waals surface area contributed by atoms with Crippen molar-refractivity contribution in [3.05, 3.63) is 137 Å². The molecule has 4 aromatic carbocycles. The number of ether oxygens (including phenoxy) is 1. The number of carbonyl (C=O) groups excluding carboxylic acids is 2. The van der Waals surface area contributed by atoms with Crippen LogP contribution in [0.1, 0.15) is 37.5 Å². The lowest BCUT2D eigenvalue weighted by molar-refractivity contribution is -0.137. The zero-order valence-corrected chi connectivity index (χ0v) is 23.1. The third kappa shape index (κ3) is 5.49. The van der Waals surface area contributed by atoms with Gasteiger partial charge in [0.15, 0.2) is 0 Å². The molecule has 0 bridgehead atoms. The highest BCUT2D eigenvalue weighted by Crippen LogP contribution is 2.34. The van der Waals surface area contributed by atoms with Crippen LogP contribution in [0.15, 0.2) is 109 Å². The van der Waals surface area contributed by atoms with E-state index in [-0.39, 0.29) is 17.2 Å². The average Bonchev–Trinajstić information content (AvgIpc) is 3.39. The highest BCUT2D eigenvalue weighted by Gasteiger charge is 2.30. The molecule has 43 heavy (non-hydrogen) atoms. The number of anilines is 2. The number of amides is 2. The van der Waals surface area contributed by atoms with Gasteiger partial charge in [0.05, 0.1) is 24.8 Å². The van der Waals surface area contributed by atoms with E-state index >= 15 is 0 Å². The third-order valence-corrected chi connectivity index (χ3v) is 7.50. The Balaban J connectivity index is 1.27. The molecule has 0 fully saturated rings. The van der Waals surface area contributed by atoms with Gasteiger partial charge in [0.2, 0.25) is 0 Å². The Hall–Kier alpha value is -5.31. The fraction of sp³-hybridized carbons (Fsp3) is 0.118. The van der Waals surface area contributed by atoms with E-state index in [1.807, 2.05) is 42.6 Å². The van der Waals surface area contributed by atoms with E-state index in [2.05, 4.69) is 9.88 Å². The van der Waals surface area contributed by atoms with Crippen molar-refractivity contribution in [2.75, 3.05) is 17.3 Å². The first-order chi connectivity index (χ1) is 20.7. The Morgan fingerprint density at radius 3 is 2.33 bits per heavy atom. The van der Waals surface area contributed by atoms with Crippen molar-refractivity contribution in [1.29, 1.82) is 0 Å². The maximum Gasteiger partial charge on any atom is 0.416 e. The van der Waals surface area contributed by atoms with Crippen LogP contribution in [0.25, 0.3) is 11.1 Å². The molecule has 0 aliphatic carbocycles. The second-order valence-electron chi connectivity index (χ2n) is 10.1. The number of aromatic nitrogens is 1. The maximum absolute atomic E-state index is 13.9. The summed E-state index contributed by atoms with van der Waals surface area (Å²) in [4.78, 5) is 29.0. The minimum Gasteiger partial charge on any atom is -0.496 e. The Labute approximate surface area is 246 Å². The van der Waals surface area contributed by atoms with Gasteiger partial charge in [-0.05, 0) is 65.2 Å². The van der Waals surface area contributed by atoms with E-state index in [4.69, 9.17) is 4.74 Å². The molecule has 6 rings (SSSR count). The van der Waals surface area contributed by atoms with Gasteiger partial charge in [-0.1, -0.05) is 48.5 Å². The number of benzene rings is 4. The van der Waals surface area contributed by atoms with Crippen molar-refractivity contribution in [3.8, 4) is 16.9 Å². The molecule has 0 unspecified atom stereocenters. The van der Waals surface area contributed by atoms with Crippen LogP contribution in [0.4, 0.5) is 24.5 Å². The van der Waals surface area contributed by atoms with Crippen molar-refractivity contribution in [1.82, 2.24) is 4.57 Å². The molecule has 0 spiro atoms. The number of alkyl halides is 3. The molecule has 0 saturated heterocycles. The van der Waals surface area contributed by atoms with Gasteiger partial charge in [0.25, 0.3) is 11.8 Å². The Morgan fingerprint density at radius 1 is 0.814 bits per heavy atom. The predicted molar refractivity (Wildman–Crippen MR) is 158 cm³/mol. The SMILES string of the molecule is COc1cc(NC(=O)c2ccccc2-c2ccc(C(F)(F)F)cc2)ccc1C(=O)N1Cc2cccn2Cc2ccccc21. The van der Waals surface area contributed by atoms with Crippen LogP contribution < -0.4 is 15.0 Å². The quantitative estimate of drug-likeness (QED) is 0.232. The summed E-state index contributed by atoms with van der Waals surface area (Å²) in [6.45, 7) is 1.03. The Kier molecular flexibility index (Phi) is 7.23. The maximum atomic E-state index is 13.9. The zero-order chi connectivity index (χ0) is 30.1. The van der Waals surface area contributed by atoms with Crippen LogP contribution in [0.3, 0.4) is 0 Å². The monoisotopic (exact) mass is 581 g/mol. The Morgan fingerprint density at radius 2 is 1.56 bits per heavy atom. The van der Waals surface area contributed by atoms with Gasteiger partial charge in [-0.15, -0.1) is 0 Å². The number of nitrogens with one attached hydrogen (secondary N) is 1. The van der Waals surface area contributed by atoms with E-state index in [0.29, 0.717) is 35.5 Å². The summed E-state index contributed by atoms with van der Waals surface area (Å²) < 4.78 is 46.9. The van der Waals surface area contributed by atoms with Gasteiger partial charge in [0, 0.05) is 41.4 Å². The molecule has 9 heteroatoms. The van der Waals surface area contributed by atoms with Crippen molar-refractivity contribution in [2.24, 2.45) is 0 Å². The zero-order valence-electron chi connectivity index (χ0n) is 23.1. The van der Waals surface area contributed by atoms with Crippen LogP contribution in [0, 0.1) is 0 Å². The predicted octanol–water partition coefficient (Wildman–Crippen LogP) is 7.64. The minimum absolute atomic E-state index is 0.246. The molecule has 2 heterocycles. The van der Waals surface area contributed by atoms with Crippen LogP contribution in [0.5, 0.6) is 5.75 Å². The number of nitrogens with zero attached hydrogens (tertiary/aromatic N) is 2. The summed E-state index contributed by atoms with van der Waals surface area (Å²) in [6.07, 6.45) is -2.46. The topological polar surface area (TPSA) is 63.6 Å². The molecule has 216 valence electrons. The number of fused-ring (bicyclic) bond motifs is 2. The van der Waals surface area contributed by atoms with Crippen LogP contribution in [-0.4, -0.2) is 23.5 Å². The fourth-order valence-corrected chi connectivity index (χ4v) is 5.33. The first kappa shape index (κ1) is 27.8. The molecule has 1 N–H and O–H groups in total. The van der Waals surface area contributed by atoms with E-state index in [1.165, 1.54) is 19.2 Å². The molecular formula is C34H26F3N3O3. The van der Waals surface area contributed by atoms with Gasteiger partial charge in [0.1, 0.15) is 5.75 Å². The summed E-state index contributed by atoms with van der Waals surface area (Å²) in [5, 5.41) is 2.83. The van der Waals surface area contributed by atoms with E-state index in [0.717, 1.165) is 29.1 Å². The molecule has 1 aliphatic rings. The highest BCUT2D eigenvalue weighted by atomic mass is 19.4. The van der Waals surface area contributed by atoms with Crippen LogP contribution >= 0.6 is 0 Å². The number of methoxy groups -OCH3 is 1. The molecule has 5 aromatic rings. The van der Waals surface area contributed by atoms with Gasteiger partial charge in [-0.25, -0.2) is 0 Å². The fourth-order valence-electron chi connectivity index (χ4n) is 5.33. The summed E-state index contributed by atoms with van der Waals surface area (Å²) in [5.74, 6) is -0.417. The minimum atomic E-state index is -4.45. The largest absolute Gasteiger partial charge is 0.496 e. The summed E-state index contributed by atoms with van der Waals surface area (Å²) >= 11 is 0. The van der Waals surface area contributed by atoms with E-state index < -0.39 is 17.6 Å². The Bertz CT molecular complexity index is 1830. The normalized spacial score (nSPS) is 12.6. The van der Waals surface area contributed by atoms with Crippen LogP contribution in [-0.2, 0) is 19.3 Å². The molecule has 6 nitrogen and oxygen atoms in total. The lowest BCUT2D eigenvalue weighted by Gasteiger charge is -2.24. The molecule has 1 aromatic heterocycles. The lowest BCUT2D eigenvalue weighted by atomic mass is 9.98. The second kappa shape index (κ2) is 11.2. The van der Waals surface area contributed by atoms with Crippen molar-refractivity contribution in [2.45, 2.75) is 19.3 Å². The molecule has 0 atom stereocenters. The van der Waals surface area contributed by atoms with Gasteiger partial charge >= 0.3 is 6.18 Å². The van der Waals surface area contributed by atoms with Crippen LogP contribution in [0.2, 0.25) is 0 Å². The van der Waals surface area contributed by atoms with Crippen molar-refractivity contribution >= 4 is 23.2 Å². The third-order valence-electron chi connectivity index (χ3n) is 7.50. The van der Waals surface area contributed by atoms with Gasteiger partial charge in [-0.3, -0.25) is 9.59 Å². The molecule has 0 radical (unpaired) electrons. The summed E-state index contributed by atoms with van der Waals surface area (Å²) in [7, 11) is 1.46. The molecule has 2 amide bonds. The standard InChI is InChI=1S/C34H26F3N3O3/c1-43-31-19-25(38-32(41)28-10-4-3-9-27(28)22-12-14-24(15-13-22)34(35,36)37)16-17-29(31)33(42)40-21-26-8-6-18-39(26)20-23-7-2-5-11-30(23)40/h2-19H,20-21H2,1H3,(H,38,41). The summed E-state index contributed by atoms with van der Waals surface area (Å²) in [5.41, 5.74) is 4.03. The first-order valence-corrected chi connectivity index (χ1v) is 13.5. The number of hydrogen-bond acceptors (Lipinski definition) is 3.